The maximum Gasteiger partial charge on any atom is 0.409 e. The minimum atomic E-state index is -3.56. The van der Waals surface area contributed by atoms with Crippen molar-refractivity contribution in [2.45, 2.75) is 30.7 Å². The molecule has 1 aromatic heterocycles. The lowest BCUT2D eigenvalue weighted by atomic mass is 10.1. The van der Waals surface area contributed by atoms with Gasteiger partial charge in [0.2, 0.25) is 10.0 Å². The molecule has 1 saturated heterocycles. The Morgan fingerprint density at radius 2 is 2.19 bits per heavy atom. The minimum absolute atomic E-state index is 0.151. The molecular weight excluding hydrogens is 294 g/mol. The van der Waals surface area contributed by atoms with Crippen molar-refractivity contribution in [3.63, 3.8) is 0 Å². The van der Waals surface area contributed by atoms with Crippen molar-refractivity contribution in [2.24, 2.45) is 0 Å². The lowest BCUT2D eigenvalue weighted by Gasteiger charge is -2.31. The average molecular weight is 313 g/mol. The highest BCUT2D eigenvalue weighted by Gasteiger charge is 2.27. The van der Waals surface area contributed by atoms with E-state index in [9.17, 15) is 13.2 Å². The third-order valence-corrected chi connectivity index (χ3v) is 4.79. The number of carbonyl (C=O) groups is 1. The minimum Gasteiger partial charge on any atom is -0.450 e. The molecule has 0 aromatic carbocycles. The van der Waals surface area contributed by atoms with Gasteiger partial charge in [0, 0.05) is 31.5 Å². The molecule has 0 saturated carbocycles. The second-order valence-electron chi connectivity index (χ2n) is 4.77. The van der Waals surface area contributed by atoms with Crippen LogP contribution in [0.3, 0.4) is 0 Å². The van der Waals surface area contributed by atoms with Crippen molar-refractivity contribution in [1.82, 2.24) is 14.6 Å². The molecule has 0 spiro atoms. The first-order valence-electron chi connectivity index (χ1n) is 6.87. The first-order valence-corrected chi connectivity index (χ1v) is 8.35. The predicted octanol–water partition coefficient (Wildman–Crippen LogP) is 0.981. The Bertz CT molecular complexity index is 568. The molecule has 0 atom stereocenters. The SMILES string of the molecule is CCOC(=O)N1CCC(NS(=O)(=O)c2cccnc2)CC1. The number of aromatic nitrogens is 1. The van der Waals surface area contributed by atoms with E-state index in [4.69, 9.17) is 4.74 Å². The van der Waals surface area contributed by atoms with E-state index in [2.05, 4.69) is 9.71 Å². The van der Waals surface area contributed by atoms with Gasteiger partial charge in [-0.3, -0.25) is 4.98 Å². The number of hydrogen-bond acceptors (Lipinski definition) is 5. The Hall–Kier alpha value is -1.67. The summed E-state index contributed by atoms with van der Waals surface area (Å²) in [5.74, 6) is 0. The first-order chi connectivity index (χ1) is 10.0. The van der Waals surface area contributed by atoms with E-state index >= 15 is 0 Å². The molecule has 1 aliphatic rings. The summed E-state index contributed by atoms with van der Waals surface area (Å²) in [6.45, 7) is 3.07. The van der Waals surface area contributed by atoms with Crippen LogP contribution in [0.15, 0.2) is 29.4 Å². The molecule has 1 N–H and O–H groups in total. The zero-order valence-corrected chi connectivity index (χ0v) is 12.7. The van der Waals surface area contributed by atoms with E-state index < -0.39 is 10.0 Å². The highest BCUT2D eigenvalue weighted by Crippen LogP contribution is 2.15. The summed E-state index contributed by atoms with van der Waals surface area (Å²) in [6.07, 6.45) is 3.63. The molecular formula is C13H19N3O4S. The van der Waals surface area contributed by atoms with Crippen LogP contribution in [0.2, 0.25) is 0 Å². The molecule has 8 heteroatoms. The van der Waals surface area contributed by atoms with Crippen molar-refractivity contribution in [3.05, 3.63) is 24.5 Å². The summed E-state index contributed by atoms with van der Waals surface area (Å²) >= 11 is 0. The molecule has 0 radical (unpaired) electrons. The summed E-state index contributed by atoms with van der Waals surface area (Å²) in [4.78, 5) is 17.1. The third-order valence-electron chi connectivity index (χ3n) is 3.29. The summed E-state index contributed by atoms with van der Waals surface area (Å²) in [5.41, 5.74) is 0. The molecule has 2 heterocycles. The van der Waals surface area contributed by atoms with E-state index in [-0.39, 0.29) is 17.0 Å². The molecule has 0 bridgehead atoms. The lowest BCUT2D eigenvalue weighted by Crippen LogP contribution is -2.46. The number of ether oxygens (including phenoxy) is 1. The highest BCUT2D eigenvalue weighted by molar-refractivity contribution is 7.89. The number of likely N-dealkylation sites (tertiary alicyclic amines) is 1. The largest absolute Gasteiger partial charge is 0.450 e. The van der Waals surface area contributed by atoms with E-state index in [1.807, 2.05) is 0 Å². The molecule has 116 valence electrons. The van der Waals surface area contributed by atoms with Crippen molar-refractivity contribution in [3.8, 4) is 0 Å². The van der Waals surface area contributed by atoms with Gasteiger partial charge in [0.25, 0.3) is 0 Å². The Morgan fingerprint density at radius 1 is 1.48 bits per heavy atom. The number of hydrogen-bond donors (Lipinski definition) is 1. The van der Waals surface area contributed by atoms with Gasteiger partial charge >= 0.3 is 6.09 Å². The van der Waals surface area contributed by atoms with Crippen LogP contribution in [0.25, 0.3) is 0 Å². The summed E-state index contributed by atoms with van der Waals surface area (Å²) in [7, 11) is -3.56. The lowest BCUT2D eigenvalue weighted by molar-refractivity contribution is 0.0966. The van der Waals surface area contributed by atoms with E-state index in [0.29, 0.717) is 32.5 Å². The van der Waals surface area contributed by atoms with Gasteiger partial charge < -0.3 is 9.64 Å². The number of carbonyl (C=O) groups excluding carboxylic acids is 1. The normalized spacial score (nSPS) is 16.7. The highest BCUT2D eigenvalue weighted by atomic mass is 32.2. The number of nitrogens with zero attached hydrogens (tertiary/aromatic N) is 2. The number of sulfonamides is 1. The molecule has 21 heavy (non-hydrogen) atoms. The maximum atomic E-state index is 12.2. The van der Waals surface area contributed by atoms with Crippen LogP contribution in [0.1, 0.15) is 19.8 Å². The Labute approximate surface area is 124 Å². The number of rotatable bonds is 4. The van der Waals surface area contributed by atoms with Gasteiger partial charge in [0.1, 0.15) is 4.90 Å². The van der Waals surface area contributed by atoms with Crippen molar-refractivity contribution >= 4 is 16.1 Å². The molecule has 1 fully saturated rings. The number of nitrogens with one attached hydrogen (secondary N) is 1. The topological polar surface area (TPSA) is 88.6 Å². The van der Waals surface area contributed by atoms with Crippen molar-refractivity contribution in [2.75, 3.05) is 19.7 Å². The van der Waals surface area contributed by atoms with Crippen LogP contribution >= 0.6 is 0 Å². The quantitative estimate of drug-likeness (QED) is 0.895. The zero-order valence-electron chi connectivity index (χ0n) is 11.9. The average Bonchev–Trinajstić information content (AvgIpc) is 2.49. The van der Waals surface area contributed by atoms with Gasteiger partial charge in [-0.15, -0.1) is 0 Å². The number of piperidine rings is 1. The Balaban J connectivity index is 1.90. The van der Waals surface area contributed by atoms with Crippen LogP contribution in [-0.2, 0) is 14.8 Å². The van der Waals surface area contributed by atoms with E-state index in [1.54, 1.807) is 17.9 Å². The van der Waals surface area contributed by atoms with Gasteiger partial charge in [-0.25, -0.2) is 17.9 Å². The fourth-order valence-corrected chi connectivity index (χ4v) is 3.46. The fraction of sp³-hybridized carbons (Fsp3) is 0.538. The smallest absolute Gasteiger partial charge is 0.409 e. The number of amides is 1. The molecule has 1 aliphatic heterocycles. The van der Waals surface area contributed by atoms with Crippen LogP contribution in [0.5, 0.6) is 0 Å². The first kappa shape index (κ1) is 15.7. The van der Waals surface area contributed by atoms with Gasteiger partial charge in [0.15, 0.2) is 0 Å². The fourth-order valence-electron chi connectivity index (χ4n) is 2.19. The number of pyridine rings is 1. The van der Waals surface area contributed by atoms with Gasteiger partial charge in [-0.1, -0.05) is 0 Å². The molecule has 2 rings (SSSR count). The summed E-state index contributed by atoms with van der Waals surface area (Å²) in [5, 5.41) is 0. The summed E-state index contributed by atoms with van der Waals surface area (Å²) < 4.78 is 31.9. The van der Waals surface area contributed by atoms with Crippen molar-refractivity contribution < 1.29 is 17.9 Å². The zero-order chi connectivity index (χ0) is 15.3. The van der Waals surface area contributed by atoms with E-state index in [0.717, 1.165) is 0 Å². The predicted molar refractivity (Wildman–Crippen MR) is 76.2 cm³/mol. The molecule has 0 unspecified atom stereocenters. The molecule has 0 aliphatic carbocycles. The van der Waals surface area contributed by atoms with Gasteiger partial charge in [-0.2, -0.15) is 0 Å². The standard InChI is InChI=1S/C13H19N3O4S/c1-2-20-13(17)16-8-5-11(6-9-16)15-21(18,19)12-4-3-7-14-10-12/h3-4,7,10-11,15H,2,5-6,8-9H2,1H3. The maximum absolute atomic E-state index is 12.2. The van der Waals surface area contributed by atoms with Crippen molar-refractivity contribution in [1.29, 1.82) is 0 Å². The molecule has 7 nitrogen and oxygen atoms in total. The Morgan fingerprint density at radius 3 is 2.76 bits per heavy atom. The van der Waals surface area contributed by atoms with Crippen LogP contribution in [-0.4, -0.2) is 50.1 Å². The third kappa shape index (κ3) is 4.15. The summed E-state index contributed by atoms with van der Waals surface area (Å²) in [6, 6.07) is 2.90. The molecule has 1 aromatic rings. The van der Waals surface area contributed by atoms with Gasteiger partial charge in [-0.05, 0) is 31.9 Å². The van der Waals surface area contributed by atoms with Crippen LogP contribution in [0.4, 0.5) is 4.79 Å². The second-order valence-corrected chi connectivity index (χ2v) is 6.48. The monoisotopic (exact) mass is 313 g/mol. The van der Waals surface area contributed by atoms with Gasteiger partial charge in [0.05, 0.1) is 6.61 Å². The second kappa shape index (κ2) is 6.86. The molecule has 1 amide bonds. The van der Waals surface area contributed by atoms with Crippen LogP contribution < -0.4 is 4.72 Å². The van der Waals surface area contributed by atoms with Crippen LogP contribution in [0, 0.1) is 0 Å². The Kier molecular flexibility index (Phi) is 5.13. The van der Waals surface area contributed by atoms with E-state index in [1.165, 1.54) is 18.5 Å².